The number of amides is 15. The van der Waals surface area contributed by atoms with Crippen molar-refractivity contribution in [3.8, 4) is 11.5 Å². The molecule has 16 N–H and O–H groups in total. The molecule has 0 radical (unpaired) electrons. The number of imidazole rings is 1. The molecule has 0 saturated carbocycles. The second-order valence-electron chi connectivity index (χ2n) is 32.6. The van der Waals surface area contributed by atoms with Gasteiger partial charge in [-0.2, -0.15) is 0 Å². The Morgan fingerprint density at radius 2 is 0.992 bits per heavy atom. The van der Waals surface area contributed by atoms with Crippen molar-refractivity contribution in [2.75, 3.05) is 66.4 Å². The van der Waals surface area contributed by atoms with Crippen LogP contribution >= 0.6 is 11.8 Å². The molecule has 8 rings (SSSR count). The third kappa shape index (κ3) is 29.7. The Bertz CT molecular complexity index is 5020. The first-order valence-electron chi connectivity index (χ1n) is 42.1. The number of unbranched alkanes of at least 4 members (excludes halogenated alkanes) is 1. The molecule has 0 unspecified atom stereocenters. The average molecular weight is 1790 g/mol. The van der Waals surface area contributed by atoms with E-state index in [9.17, 15) is 58.5 Å². The van der Waals surface area contributed by atoms with Gasteiger partial charge in [-0.3, -0.25) is 76.7 Å². The number of H-pyrrole nitrogens is 2. The number of hydrogen-bond donors (Lipinski definition) is 15. The predicted octanol–water partition coefficient (Wildman–Crippen LogP) is 1.05. The van der Waals surface area contributed by atoms with Crippen molar-refractivity contribution < 1.29 is 92.0 Å². The van der Waals surface area contributed by atoms with Crippen LogP contribution in [0.5, 0.6) is 11.5 Å². The fraction of sp³-hybridized carbons (Fsp3) is 0.433. The summed E-state index contributed by atoms with van der Waals surface area (Å²) >= 11 is 0.827. The van der Waals surface area contributed by atoms with Gasteiger partial charge in [-0.15, -0.1) is 11.8 Å². The second-order valence-corrected chi connectivity index (χ2v) is 33.7. The van der Waals surface area contributed by atoms with Crippen molar-refractivity contribution in [3.63, 3.8) is 0 Å². The van der Waals surface area contributed by atoms with Gasteiger partial charge >= 0.3 is 5.97 Å². The third-order valence-corrected chi connectivity index (χ3v) is 22.8. The minimum Gasteiger partial charge on any atom is -0.508 e. The highest BCUT2D eigenvalue weighted by Gasteiger charge is 2.42. The number of aromatic hydroxyl groups is 2. The second kappa shape index (κ2) is 48.1. The van der Waals surface area contributed by atoms with Gasteiger partial charge in [0.05, 0.1) is 43.8 Å². The number of likely N-dealkylation sites (N-methyl/N-ethyl adjacent to an activating group) is 5. The van der Waals surface area contributed by atoms with Gasteiger partial charge in [-0.05, 0) is 82.8 Å². The number of primary amides is 1. The molecule has 5 aromatic carbocycles. The van der Waals surface area contributed by atoms with Gasteiger partial charge in [0.15, 0.2) is 0 Å². The van der Waals surface area contributed by atoms with E-state index in [-0.39, 0.29) is 80.2 Å². The molecule has 0 spiro atoms. The standard InChI is InChI=1S/C90H116N18O19S/c1-11-12-27-71-88(125)105(7)48-76(113)97-67(43-78(115)116)84(121)103-79(53(4)5)90(127)107(9)72(42-59-45-92-51-95-59)85(122)101-68(39-57-30-34-61(110)35-31-57)86(123)104(6)47-75(112)96-66(41-58-44-93-63-26-20-19-25-62(58)63)83(120)100-65(37-56-28-32-60(109)33-29-56)82(119)99-64(36-52(2)3)81(118)102-70(80(117)94-46-74(91)111)49-128-50-77(114)98-69(38-54-21-15-13-16-22-54)87(124)108(10)73(89(126)106(71)8)40-55-23-17-14-18-24-55/h13-26,28-35,44-45,51-53,64-73,79,93,109-110H,11-12,27,36-43,46-50H2,1-10H3,(H2,91,111)(H,92,95)(H,94,117)(H,96,112)(H,97,113)(H,98,114)(H,99,119)(H,100,120)(H,101,122)(H,102,118)(H,103,121)(H,115,116)/t64-,65-,66-,67-,68-,69-,70-,71-,72-,73-,79-/m0/s1. The number of nitrogens with zero attached hydrogens (tertiary/aromatic N) is 6. The Morgan fingerprint density at radius 3 is 1.55 bits per heavy atom. The van der Waals surface area contributed by atoms with Gasteiger partial charge in [0, 0.05) is 103 Å². The van der Waals surface area contributed by atoms with Gasteiger partial charge in [-0.25, -0.2) is 4.98 Å². The molecule has 1 aliphatic rings. The molecule has 3 heterocycles. The van der Waals surface area contributed by atoms with E-state index in [4.69, 9.17) is 5.73 Å². The lowest BCUT2D eigenvalue weighted by molar-refractivity contribution is -0.151. The van der Waals surface area contributed by atoms with Gasteiger partial charge in [0.2, 0.25) is 88.6 Å². The predicted molar refractivity (Wildman–Crippen MR) is 474 cm³/mol. The molecule has 38 heteroatoms. The van der Waals surface area contributed by atoms with Crippen molar-refractivity contribution in [3.05, 3.63) is 186 Å². The largest absolute Gasteiger partial charge is 0.508 e. The van der Waals surface area contributed by atoms with Crippen LogP contribution in [0.2, 0.25) is 0 Å². The number of aromatic amines is 2. The Hall–Kier alpha value is -13.7. The van der Waals surface area contributed by atoms with Gasteiger partial charge in [0.1, 0.15) is 78.0 Å². The van der Waals surface area contributed by atoms with Crippen molar-refractivity contribution in [1.82, 2.24) is 87.3 Å². The number of phenols is 2. The highest BCUT2D eigenvalue weighted by atomic mass is 32.2. The number of carbonyl (C=O) groups is 16. The van der Waals surface area contributed by atoms with Gasteiger partial charge in [0.25, 0.3) is 0 Å². The molecule has 37 nitrogen and oxygen atoms in total. The van der Waals surface area contributed by atoms with E-state index in [2.05, 4.69) is 62.8 Å². The average Bonchev–Trinajstić information content (AvgIpc) is 1.19. The molecular weight excluding hydrogens is 1670 g/mol. The van der Waals surface area contributed by atoms with Crippen molar-refractivity contribution in [2.45, 2.75) is 172 Å². The van der Waals surface area contributed by atoms with Crippen LogP contribution in [0.25, 0.3) is 10.9 Å². The normalized spacial score (nSPS) is 22.0. The summed E-state index contributed by atoms with van der Waals surface area (Å²) in [7, 11) is 6.47. The van der Waals surface area contributed by atoms with E-state index >= 15 is 33.6 Å². The number of carboxylic acid groups (broad SMARTS) is 1. The van der Waals surface area contributed by atoms with Crippen LogP contribution in [0.4, 0.5) is 0 Å². The molecule has 2 aromatic heterocycles. The summed E-state index contributed by atoms with van der Waals surface area (Å²) in [6.07, 6.45) is 2.67. The molecule has 11 atom stereocenters. The maximum atomic E-state index is 15.5. The number of aliphatic carboxylic acids is 1. The molecule has 1 aliphatic heterocycles. The molecular formula is C90H116N18O19S. The molecule has 686 valence electrons. The van der Waals surface area contributed by atoms with Crippen LogP contribution in [-0.2, 0) is 115 Å². The van der Waals surface area contributed by atoms with E-state index in [1.807, 2.05) is 6.92 Å². The van der Waals surface area contributed by atoms with Crippen LogP contribution < -0.4 is 53.6 Å². The molecule has 1 saturated heterocycles. The lowest BCUT2D eigenvalue weighted by Crippen LogP contribution is -2.61. The number of aromatic nitrogens is 3. The van der Waals surface area contributed by atoms with Crippen molar-refractivity contribution in [2.24, 2.45) is 17.6 Å². The van der Waals surface area contributed by atoms with E-state index in [0.29, 0.717) is 51.6 Å². The van der Waals surface area contributed by atoms with Crippen molar-refractivity contribution in [1.29, 1.82) is 0 Å². The number of fused-ring (bicyclic) bond motifs is 1. The monoisotopic (exact) mass is 1780 g/mol. The van der Waals surface area contributed by atoms with Crippen LogP contribution in [-0.4, -0.2) is 282 Å². The fourth-order valence-electron chi connectivity index (χ4n) is 14.7. The first-order valence-corrected chi connectivity index (χ1v) is 43.3. The summed E-state index contributed by atoms with van der Waals surface area (Å²) in [5.74, 6) is -17.6. The van der Waals surface area contributed by atoms with Crippen LogP contribution in [0, 0.1) is 11.8 Å². The number of para-hydroxylation sites is 1. The zero-order chi connectivity index (χ0) is 93.6. The summed E-state index contributed by atoms with van der Waals surface area (Å²) < 4.78 is 0. The maximum absolute atomic E-state index is 15.5. The minimum absolute atomic E-state index is 0.0263. The van der Waals surface area contributed by atoms with E-state index < -0.39 is 199 Å². The summed E-state index contributed by atoms with van der Waals surface area (Å²) in [6.45, 7) is 6.11. The number of nitrogens with one attached hydrogen (secondary N) is 11. The zero-order valence-electron chi connectivity index (χ0n) is 73.3. The molecule has 128 heavy (non-hydrogen) atoms. The number of phenolic OH excluding ortho intramolecular Hbond substituents is 2. The van der Waals surface area contributed by atoms with Crippen LogP contribution in [0.1, 0.15) is 100 Å². The van der Waals surface area contributed by atoms with Gasteiger partial charge < -0.3 is 103 Å². The summed E-state index contributed by atoms with van der Waals surface area (Å²) in [5, 5.41) is 55.4. The number of rotatable bonds is 23. The summed E-state index contributed by atoms with van der Waals surface area (Å²) in [6, 6.07) is 18.6. The van der Waals surface area contributed by atoms with E-state index in [1.165, 1.54) is 106 Å². The van der Waals surface area contributed by atoms with Crippen molar-refractivity contribution >= 4 is 117 Å². The fourth-order valence-corrected chi connectivity index (χ4v) is 15.6. The Balaban J connectivity index is 1.21. The number of carboxylic acids is 1. The molecule has 15 amide bonds. The maximum Gasteiger partial charge on any atom is 0.305 e. The van der Waals surface area contributed by atoms with E-state index in [1.54, 1.807) is 119 Å². The number of hydrogen-bond acceptors (Lipinski definition) is 20. The van der Waals surface area contributed by atoms with Crippen LogP contribution in [0.15, 0.2) is 152 Å². The molecule has 1 fully saturated rings. The van der Waals surface area contributed by atoms with Gasteiger partial charge in [-0.1, -0.05) is 151 Å². The topological polar surface area (TPSA) is 529 Å². The molecule has 7 aromatic rings. The summed E-state index contributed by atoms with van der Waals surface area (Å²) in [5.41, 5.74) is 8.79. The number of benzene rings is 5. The zero-order valence-corrected chi connectivity index (χ0v) is 74.1. The molecule has 0 bridgehead atoms. The third-order valence-electron chi connectivity index (χ3n) is 21.7. The highest BCUT2D eigenvalue weighted by molar-refractivity contribution is 8.00. The highest BCUT2D eigenvalue weighted by Crippen LogP contribution is 2.24. The lowest BCUT2D eigenvalue weighted by atomic mass is 9.99. The minimum atomic E-state index is -1.92. The first-order chi connectivity index (χ1) is 60.9. The first kappa shape index (κ1) is 99.7. The molecule has 0 aliphatic carbocycles. The Labute approximate surface area is 745 Å². The van der Waals surface area contributed by atoms with Crippen LogP contribution in [0.3, 0.4) is 0 Å². The number of thioether (sulfide) groups is 1. The Morgan fingerprint density at radius 1 is 0.500 bits per heavy atom. The lowest BCUT2D eigenvalue weighted by Gasteiger charge is -2.37. The quantitative estimate of drug-likeness (QED) is 0.0426. The SMILES string of the molecule is CCCC[C@H]1C(=O)N(C)CC(=O)N[C@@H](CC(=O)O)C(=O)N[C@@H](C(C)C)C(=O)N(C)[C@@H](Cc2c[nH]cn2)C(=O)N[C@@H](Cc2ccc(O)cc2)C(=O)N(C)CC(=O)N[C@@H](Cc2c[nH]c3ccccc23)C(=O)N[C@@H](Cc2ccc(O)cc2)C(=O)N[C@@H](CC(C)C)C(=O)N[C@H](C(=O)NCC(N)=O)CSCC(=O)N[C@@H](Cc2ccccc2)C(=O)N(C)[C@@H](Cc2ccccc2)C(=O)N1C. The smallest absolute Gasteiger partial charge is 0.305 e. The summed E-state index contributed by atoms with van der Waals surface area (Å²) in [4.78, 5) is 250. The van der Waals surface area contributed by atoms with E-state index in [0.717, 1.165) is 26.5 Å². The number of carbonyl (C=O) groups excluding carboxylic acids is 15. The Kier molecular flexibility index (Phi) is 37.5. The number of nitrogens with two attached hydrogens (primary N) is 1.